The monoisotopic (exact) mass is 135 g/mol. The molecule has 9 heavy (non-hydrogen) atoms. The van der Waals surface area contributed by atoms with Crippen molar-refractivity contribution in [2.45, 2.75) is 20.8 Å². The van der Waals surface area contributed by atoms with E-state index in [1.165, 1.54) is 0 Å². The highest BCUT2D eigenvalue weighted by Crippen LogP contribution is 1.58. The summed E-state index contributed by atoms with van der Waals surface area (Å²) >= 11 is 0. The second-order valence-corrected chi connectivity index (χ2v) is 1.25. The van der Waals surface area contributed by atoms with Crippen molar-refractivity contribution in [3.8, 4) is 0 Å². The van der Waals surface area contributed by atoms with Crippen LogP contribution in [0.4, 0.5) is 0 Å². The van der Waals surface area contributed by atoms with E-state index in [1.807, 2.05) is 13.8 Å². The minimum atomic E-state index is 0.250. The third-order valence-electron chi connectivity index (χ3n) is 0.391. The Hall–Kier alpha value is -0.120. The maximum absolute atomic E-state index is 7.57. The van der Waals surface area contributed by atoms with Crippen molar-refractivity contribution in [2.75, 3.05) is 19.8 Å². The lowest BCUT2D eigenvalue weighted by Gasteiger charge is -1.94. The predicted molar refractivity (Wildman–Crippen MR) is 38.1 cm³/mol. The van der Waals surface area contributed by atoms with E-state index < -0.39 is 0 Å². The van der Waals surface area contributed by atoms with Crippen LogP contribution in [0.15, 0.2) is 0 Å². The van der Waals surface area contributed by atoms with Crippen molar-refractivity contribution < 1.29 is 9.94 Å². The third-order valence-corrected chi connectivity index (χ3v) is 0.391. The molecule has 0 atom stereocenters. The molecule has 0 aliphatic rings. The van der Waals surface area contributed by atoms with Crippen LogP contribution in [0.5, 0.6) is 0 Å². The summed E-state index contributed by atoms with van der Waals surface area (Å²) < 4.78 is 0. The van der Waals surface area contributed by atoms with Crippen LogP contribution in [0, 0.1) is 0 Å². The van der Waals surface area contributed by atoms with Gasteiger partial charge in [0.2, 0.25) is 0 Å². The van der Waals surface area contributed by atoms with Crippen molar-refractivity contribution in [3.05, 3.63) is 0 Å². The maximum Gasteiger partial charge on any atom is 0.0653 e. The van der Waals surface area contributed by atoms with Crippen molar-refractivity contribution >= 4 is 0 Å². The van der Waals surface area contributed by atoms with Gasteiger partial charge in [0.1, 0.15) is 0 Å². The summed E-state index contributed by atoms with van der Waals surface area (Å²) in [4.78, 5) is 4.73. The SMILES string of the molecule is CCNOCC.CCO. The molecule has 0 saturated carbocycles. The van der Waals surface area contributed by atoms with Crippen LogP contribution < -0.4 is 5.48 Å². The molecule has 58 valence electrons. The Morgan fingerprint density at radius 1 is 1.33 bits per heavy atom. The van der Waals surface area contributed by atoms with Crippen LogP contribution >= 0.6 is 0 Å². The van der Waals surface area contributed by atoms with E-state index in [9.17, 15) is 0 Å². The number of hydrogen-bond donors (Lipinski definition) is 2. The quantitative estimate of drug-likeness (QED) is 0.438. The summed E-state index contributed by atoms with van der Waals surface area (Å²) in [6, 6.07) is 0. The molecule has 0 amide bonds. The number of hydrogen-bond acceptors (Lipinski definition) is 3. The molecule has 2 N–H and O–H groups in total. The first-order valence-electron chi connectivity index (χ1n) is 3.28. The molecule has 0 aliphatic heterocycles. The number of aliphatic hydroxyl groups excluding tert-OH is 1. The molecule has 0 radical (unpaired) electrons. The van der Waals surface area contributed by atoms with Crippen LogP contribution in [0.3, 0.4) is 0 Å². The van der Waals surface area contributed by atoms with E-state index in [4.69, 9.17) is 9.94 Å². The van der Waals surface area contributed by atoms with Crippen molar-refractivity contribution in [2.24, 2.45) is 0 Å². The molecular formula is C6H17NO2. The molecule has 0 aromatic carbocycles. The molecular weight excluding hydrogens is 118 g/mol. The van der Waals surface area contributed by atoms with Gasteiger partial charge in [0.25, 0.3) is 0 Å². The van der Waals surface area contributed by atoms with Gasteiger partial charge in [0, 0.05) is 13.2 Å². The average molecular weight is 135 g/mol. The van der Waals surface area contributed by atoms with Gasteiger partial charge in [0.05, 0.1) is 6.61 Å². The summed E-state index contributed by atoms with van der Waals surface area (Å²) in [5.74, 6) is 0. The number of nitrogens with one attached hydrogen (secondary N) is 1. The van der Waals surface area contributed by atoms with Gasteiger partial charge in [-0.3, -0.25) is 0 Å². The van der Waals surface area contributed by atoms with E-state index >= 15 is 0 Å². The highest BCUT2D eigenvalue weighted by molar-refractivity contribution is 4.12. The van der Waals surface area contributed by atoms with Crippen molar-refractivity contribution in [3.63, 3.8) is 0 Å². The number of rotatable bonds is 3. The Balaban J connectivity index is 0. The molecule has 0 aromatic rings. The van der Waals surface area contributed by atoms with Crippen molar-refractivity contribution in [1.82, 2.24) is 5.48 Å². The average Bonchev–Trinajstić information content (AvgIpc) is 1.86. The van der Waals surface area contributed by atoms with E-state index in [1.54, 1.807) is 6.92 Å². The third kappa shape index (κ3) is 32.8. The minimum Gasteiger partial charge on any atom is -0.397 e. The Labute approximate surface area is 57.0 Å². The highest BCUT2D eigenvalue weighted by atomic mass is 16.6. The molecule has 0 unspecified atom stereocenters. The van der Waals surface area contributed by atoms with Crippen LogP contribution in [-0.4, -0.2) is 24.9 Å². The van der Waals surface area contributed by atoms with E-state index in [0.717, 1.165) is 13.2 Å². The summed E-state index contributed by atoms with van der Waals surface area (Å²) in [5.41, 5.74) is 2.70. The second kappa shape index (κ2) is 15.7. The lowest BCUT2D eigenvalue weighted by atomic mass is 10.8. The molecule has 0 spiro atoms. The fourth-order valence-corrected chi connectivity index (χ4v) is 0.204. The summed E-state index contributed by atoms with van der Waals surface area (Å²) in [7, 11) is 0. The first kappa shape index (κ1) is 11.6. The lowest BCUT2D eigenvalue weighted by molar-refractivity contribution is 0.0547. The molecule has 0 fully saturated rings. The van der Waals surface area contributed by atoms with Crippen LogP contribution in [0.1, 0.15) is 20.8 Å². The first-order valence-corrected chi connectivity index (χ1v) is 3.28. The van der Waals surface area contributed by atoms with Gasteiger partial charge in [-0.05, 0) is 13.8 Å². The Bertz CT molecular complexity index is 30.2. The van der Waals surface area contributed by atoms with E-state index in [0.29, 0.717) is 0 Å². The standard InChI is InChI=1S/C4H11NO.C2H6O/c1-3-5-6-4-2;1-2-3/h5H,3-4H2,1-2H3;3H,2H2,1H3. The lowest BCUT2D eigenvalue weighted by Crippen LogP contribution is -2.12. The van der Waals surface area contributed by atoms with Gasteiger partial charge in [-0.25, -0.2) is 5.48 Å². The minimum absolute atomic E-state index is 0.250. The largest absolute Gasteiger partial charge is 0.397 e. The Morgan fingerprint density at radius 2 is 1.78 bits per heavy atom. The zero-order valence-corrected chi connectivity index (χ0v) is 6.48. The molecule has 3 nitrogen and oxygen atoms in total. The topological polar surface area (TPSA) is 41.5 Å². The molecule has 0 rings (SSSR count). The van der Waals surface area contributed by atoms with Gasteiger partial charge >= 0.3 is 0 Å². The fourth-order valence-electron chi connectivity index (χ4n) is 0.204. The first-order chi connectivity index (χ1) is 4.33. The zero-order valence-electron chi connectivity index (χ0n) is 6.48. The summed E-state index contributed by atoms with van der Waals surface area (Å²) in [6.45, 7) is 7.50. The Kier molecular flexibility index (Phi) is 20.3. The van der Waals surface area contributed by atoms with Crippen molar-refractivity contribution in [1.29, 1.82) is 0 Å². The second-order valence-electron chi connectivity index (χ2n) is 1.25. The predicted octanol–water partition coefficient (Wildman–Crippen LogP) is 0.546. The van der Waals surface area contributed by atoms with Crippen LogP contribution in [-0.2, 0) is 4.84 Å². The molecule has 0 aliphatic carbocycles. The molecule has 3 heteroatoms. The van der Waals surface area contributed by atoms with Gasteiger partial charge in [-0.2, -0.15) is 0 Å². The van der Waals surface area contributed by atoms with E-state index in [2.05, 4.69) is 5.48 Å². The normalized spacial score (nSPS) is 8.00. The summed E-state index contributed by atoms with van der Waals surface area (Å²) in [6.07, 6.45) is 0. The van der Waals surface area contributed by atoms with E-state index in [-0.39, 0.29) is 6.61 Å². The highest BCUT2D eigenvalue weighted by Gasteiger charge is 1.69. The van der Waals surface area contributed by atoms with Gasteiger partial charge in [-0.1, -0.05) is 6.92 Å². The fraction of sp³-hybridized carbons (Fsp3) is 1.00. The van der Waals surface area contributed by atoms with Crippen LogP contribution in [0.2, 0.25) is 0 Å². The summed E-state index contributed by atoms with van der Waals surface area (Å²) in [5, 5.41) is 7.57. The molecule has 0 saturated heterocycles. The number of aliphatic hydroxyl groups is 1. The Morgan fingerprint density at radius 3 is 1.89 bits per heavy atom. The maximum atomic E-state index is 7.57. The van der Waals surface area contributed by atoms with Crippen LogP contribution in [0.25, 0.3) is 0 Å². The molecule has 0 bridgehead atoms. The van der Waals surface area contributed by atoms with Gasteiger partial charge < -0.3 is 9.94 Å². The molecule has 0 aromatic heterocycles. The van der Waals surface area contributed by atoms with Gasteiger partial charge in [0.15, 0.2) is 0 Å². The zero-order chi connectivity index (χ0) is 7.54. The smallest absolute Gasteiger partial charge is 0.0653 e. The number of hydroxylamine groups is 1. The molecule has 0 heterocycles. The van der Waals surface area contributed by atoms with Gasteiger partial charge in [-0.15, -0.1) is 0 Å².